The quantitative estimate of drug-likeness (QED) is 0.781. The van der Waals surface area contributed by atoms with Crippen LogP contribution in [0.25, 0.3) is 0 Å². The van der Waals surface area contributed by atoms with Crippen molar-refractivity contribution in [2.75, 3.05) is 7.11 Å². The molecule has 96 valence electrons. The van der Waals surface area contributed by atoms with Crippen LogP contribution in [0, 0.1) is 11.8 Å². The van der Waals surface area contributed by atoms with Crippen LogP contribution in [-0.4, -0.2) is 23.9 Å². The normalized spacial score (nSPS) is 29.1. The van der Waals surface area contributed by atoms with Gasteiger partial charge < -0.3 is 9.84 Å². The van der Waals surface area contributed by atoms with Crippen molar-refractivity contribution in [3.8, 4) is 0 Å². The molecule has 1 saturated carbocycles. The second-order valence-electron chi connectivity index (χ2n) is 6.09. The van der Waals surface area contributed by atoms with Crippen molar-refractivity contribution in [3.63, 3.8) is 0 Å². The summed E-state index contributed by atoms with van der Waals surface area (Å²) in [6.45, 7) is 6.49. The van der Waals surface area contributed by atoms with Crippen molar-refractivity contribution < 1.29 is 9.84 Å². The van der Waals surface area contributed by atoms with Gasteiger partial charge in [0, 0.05) is 7.11 Å². The van der Waals surface area contributed by atoms with Gasteiger partial charge >= 0.3 is 0 Å². The van der Waals surface area contributed by atoms with Crippen LogP contribution < -0.4 is 0 Å². The first-order valence-electron chi connectivity index (χ1n) is 6.68. The molecule has 2 nitrogen and oxygen atoms in total. The Bertz CT molecular complexity index is 193. The van der Waals surface area contributed by atoms with Gasteiger partial charge in [-0.15, -0.1) is 0 Å². The van der Waals surface area contributed by atoms with Crippen molar-refractivity contribution >= 4 is 0 Å². The standard InChI is InChI=1S/C14H28O2/c1-11-5-7-12(8-6-11)13(15)9-10-14(2,3)16-4/h11-13,15H,5-10H2,1-4H3. The van der Waals surface area contributed by atoms with E-state index in [9.17, 15) is 5.11 Å². The molecule has 1 N–H and O–H groups in total. The fourth-order valence-electron chi connectivity index (χ4n) is 2.50. The number of aliphatic hydroxyl groups is 1. The molecule has 1 fully saturated rings. The minimum absolute atomic E-state index is 0.0943. The van der Waals surface area contributed by atoms with Crippen LogP contribution >= 0.6 is 0 Å². The van der Waals surface area contributed by atoms with Crippen LogP contribution in [0.15, 0.2) is 0 Å². The van der Waals surface area contributed by atoms with Crippen molar-refractivity contribution in [1.82, 2.24) is 0 Å². The summed E-state index contributed by atoms with van der Waals surface area (Å²) in [4.78, 5) is 0. The monoisotopic (exact) mass is 228 g/mol. The van der Waals surface area contributed by atoms with Crippen LogP contribution in [0.4, 0.5) is 0 Å². The maximum atomic E-state index is 10.2. The fourth-order valence-corrected chi connectivity index (χ4v) is 2.50. The summed E-state index contributed by atoms with van der Waals surface area (Å²) in [5.74, 6) is 1.39. The van der Waals surface area contributed by atoms with E-state index < -0.39 is 0 Å². The first-order chi connectivity index (χ1) is 7.44. The van der Waals surface area contributed by atoms with Gasteiger partial charge in [0.15, 0.2) is 0 Å². The molecule has 1 unspecified atom stereocenters. The number of rotatable bonds is 5. The Hall–Kier alpha value is -0.0800. The average molecular weight is 228 g/mol. The highest BCUT2D eigenvalue weighted by Crippen LogP contribution is 2.32. The second-order valence-corrected chi connectivity index (χ2v) is 6.09. The molecule has 16 heavy (non-hydrogen) atoms. The first-order valence-corrected chi connectivity index (χ1v) is 6.68. The van der Waals surface area contributed by atoms with Crippen molar-refractivity contribution in [3.05, 3.63) is 0 Å². The Morgan fingerprint density at radius 3 is 2.31 bits per heavy atom. The lowest BCUT2D eigenvalue weighted by atomic mass is 9.78. The molecule has 0 aromatic rings. The topological polar surface area (TPSA) is 29.5 Å². The molecular formula is C14H28O2. The van der Waals surface area contributed by atoms with E-state index in [1.54, 1.807) is 7.11 Å². The zero-order valence-corrected chi connectivity index (χ0v) is 11.3. The smallest absolute Gasteiger partial charge is 0.0623 e. The maximum absolute atomic E-state index is 10.2. The molecule has 0 aromatic carbocycles. The zero-order chi connectivity index (χ0) is 12.2. The molecular weight excluding hydrogens is 200 g/mol. The molecule has 0 heterocycles. The van der Waals surface area contributed by atoms with Gasteiger partial charge in [-0.05, 0) is 51.4 Å². The second kappa shape index (κ2) is 6.02. The van der Waals surface area contributed by atoms with Gasteiger partial charge in [-0.3, -0.25) is 0 Å². The predicted octanol–water partition coefficient (Wildman–Crippen LogP) is 3.38. The predicted molar refractivity (Wildman–Crippen MR) is 67.5 cm³/mol. The SMILES string of the molecule is COC(C)(C)CCC(O)C1CCC(C)CC1. The molecule has 1 atom stereocenters. The summed E-state index contributed by atoms with van der Waals surface area (Å²) < 4.78 is 5.38. The largest absolute Gasteiger partial charge is 0.393 e. The van der Waals surface area contributed by atoms with E-state index in [0.29, 0.717) is 5.92 Å². The summed E-state index contributed by atoms with van der Waals surface area (Å²) in [5.41, 5.74) is -0.0943. The number of ether oxygens (including phenoxy) is 1. The van der Waals surface area contributed by atoms with Crippen LogP contribution in [0.3, 0.4) is 0 Å². The summed E-state index contributed by atoms with van der Waals surface area (Å²) in [6.07, 6.45) is 6.68. The van der Waals surface area contributed by atoms with Crippen molar-refractivity contribution in [1.29, 1.82) is 0 Å². The minimum atomic E-state index is -0.123. The first kappa shape index (κ1) is 14.0. The molecule has 1 aliphatic rings. The third kappa shape index (κ3) is 4.42. The molecule has 0 radical (unpaired) electrons. The van der Waals surface area contributed by atoms with Gasteiger partial charge in [0.25, 0.3) is 0 Å². The highest BCUT2D eigenvalue weighted by molar-refractivity contribution is 4.78. The van der Waals surface area contributed by atoms with Gasteiger partial charge in [0.1, 0.15) is 0 Å². The number of aliphatic hydroxyl groups excluding tert-OH is 1. The Labute approximate surface area is 100 Å². The molecule has 2 heteroatoms. The summed E-state index contributed by atoms with van der Waals surface area (Å²) >= 11 is 0. The third-order valence-corrected chi connectivity index (χ3v) is 4.20. The minimum Gasteiger partial charge on any atom is -0.393 e. The van der Waals surface area contributed by atoms with Crippen LogP contribution in [0.5, 0.6) is 0 Å². The van der Waals surface area contributed by atoms with E-state index in [1.807, 2.05) is 0 Å². The molecule has 1 rings (SSSR count). The molecule has 0 bridgehead atoms. The summed E-state index contributed by atoms with van der Waals surface area (Å²) in [6, 6.07) is 0. The maximum Gasteiger partial charge on any atom is 0.0623 e. The lowest BCUT2D eigenvalue weighted by Crippen LogP contribution is -2.29. The van der Waals surface area contributed by atoms with Gasteiger partial charge in [-0.25, -0.2) is 0 Å². The van der Waals surface area contributed by atoms with Gasteiger partial charge in [-0.1, -0.05) is 19.8 Å². The number of hydrogen-bond donors (Lipinski definition) is 1. The Balaban J connectivity index is 2.27. The molecule has 1 aliphatic carbocycles. The third-order valence-electron chi connectivity index (χ3n) is 4.20. The average Bonchev–Trinajstić information content (AvgIpc) is 2.27. The number of hydrogen-bond acceptors (Lipinski definition) is 2. The van der Waals surface area contributed by atoms with E-state index in [4.69, 9.17) is 4.74 Å². The van der Waals surface area contributed by atoms with Crippen LogP contribution in [0.2, 0.25) is 0 Å². The van der Waals surface area contributed by atoms with E-state index in [2.05, 4.69) is 20.8 Å². The van der Waals surface area contributed by atoms with E-state index >= 15 is 0 Å². The van der Waals surface area contributed by atoms with Gasteiger partial charge in [0.2, 0.25) is 0 Å². The highest BCUT2D eigenvalue weighted by atomic mass is 16.5. The molecule has 0 spiro atoms. The van der Waals surface area contributed by atoms with Gasteiger partial charge in [0.05, 0.1) is 11.7 Å². The van der Waals surface area contributed by atoms with Crippen molar-refractivity contribution in [2.45, 2.75) is 71.0 Å². The van der Waals surface area contributed by atoms with E-state index in [1.165, 1.54) is 25.7 Å². The highest BCUT2D eigenvalue weighted by Gasteiger charge is 2.26. The van der Waals surface area contributed by atoms with E-state index in [0.717, 1.165) is 18.8 Å². The summed E-state index contributed by atoms with van der Waals surface area (Å²) in [5, 5.41) is 10.2. The lowest BCUT2D eigenvalue weighted by Gasteiger charge is -2.31. The van der Waals surface area contributed by atoms with Crippen LogP contribution in [0.1, 0.15) is 59.3 Å². The number of methoxy groups -OCH3 is 1. The Morgan fingerprint density at radius 2 is 1.81 bits per heavy atom. The molecule has 0 aromatic heterocycles. The van der Waals surface area contributed by atoms with E-state index in [-0.39, 0.29) is 11.7 Å². The summed E-state index contributed by atoms with van der Waals surface area (Å²) in [7, 11) is 1.74. The molecule has 0 saturated heterocycles. The molecule has 0 aliphatic heterocycles. The van der Waals surface area contributed by atoms with Crippen molar-refractivity contribution in [2.24, 2.45) is 11.8 Å². The zero-order valence-electron chi connectivity index (χ0n) is 11.3. The Kier molecular flexibility index (Phi) is 5.26. The van der Waals surface area contributed by atoms with Crippen LogP contribution in [-0.2, 0) is 4.74 Å². The lowest BCUT2D eigenvalue weighted by molar-refractivity contribution is -0.00834. The molecule has 0 amide bonds. The Morgan fingerprint density at radius 1 is 1.25 bits per heavy atom. The fraction of sp³-hybridized carbons (Fsp3) is 1.00. The van der Waals surface area contributed by atoms with Gasteiger partial charge in [-0.2, -0.15) is 0 Å².